The average Bonchev–Trinajstić information content (AvgIpc) is 3.58. The van der Waals surface area contributed by atoms with Crippen molar-refractivity contribution in [1.82, 2.24) is 24.2 Å². The summed E-state index contributed by atoms with van der Waals surface area (Å²) < 4.78 is 36.2. The van der Waals surface area contributed by atoms with Crippen molar-refractivity contribution in [2.24, 2.45) is 0 Å². The zero-order chi connectivity index (χ0) is 23.0. The highest BCUT2D eigenvalue weighted by Gasteiger charge is 2.35. The number of pyridine rings is 1. The first-order chi connectivity index (χ1) is 16.0. The summed E-state index contributed by atoms with van der Waals surface area (Å²) in [5.41, 5.74) is 1.03. The molecule has 174 valence electrons. The van der Waals surface area contributed by atoms with Crippen molar-refractivity contribution in [2.75, 3.05) is 13.7 Å². The Labute approximate surface area is 192 Å². The minimum Gasteiger partial charge on any atom is -0.495 e. The number of benzene rings is 1. The summed E-state index contributed by atoms with van der Waals surface area (Å²) in [7, 11) is -2.39. The summed E-state index contributed by atoms with van der Waals surface area (Å²) in [6, 6.07) is 9.95. The number of hydrogen-bond acceptors (Lipinski definition) is 6. The third-order valence-electron chi connectivity index (χ3n) is 6.53. The van der Waals surface area contributed by atoms with Crippen LogP contribution in [0.1, 0.15) is 60.7 Å². The number of aromatic nitrogens is 3. The molecule has 1 unspecified atom stereocenters. The van der Waals surface area contributed by atoms with Gasteiger partial charge in [-0.1, -0.05) is 18.9 Å². The highest BCUT2D eigenvalue weighted by atomic mass is 32.2. The molecule has 1 atom stereocenters. The number of carbonyl (C=O) groups excluding carboxylic acids is 1. The Bertz CT molecular complexity index is 1280. The van der Waals surface area contributed by atoms with E-state index in [2.05, 4.69) is 14.9 Å². The van der Waals surface area contributed by atoms with Gasteiger partial charge in [-0.2, -0.15) is 0 Å². The van der Waals surface area contributed by atoms with E-state index >= 15 is 0 Å². The molecule has 0 radical (unpaired) electrons. The van der Waals surface area contributed by atoms with Gasteiger partial charge in [-0.25, -0.2) is 13.1 Å². The van der Waals surface area contributed by atoms with E-state index in [1.807, 2.05) is 28.8 Å². The Morgan fingerprint density at radius 2 is 1.91 bits per heavy atom. The largest absolute Gasteiger partial charge is 0.495 e. The van der Waals surface area contributed by atoms with Crippen molar-refractivity contribution in [3.63, 3.8) is 0 Å². The van der Waals surface area contributed by atoms with Crippen LogP contribution in [-0.2, 0) is 10.0 Å². The van der Waals surface area contributed by atoms with Crippen molar-refractivity contribution in [3.8, 4) is 5.75 Å². The number of likely N-dealkylation sites (tertiary alicyclic amines) is 1. The Morgan fingerprint density at radius 1 is 1.09 bits per heavy atom. The third kappa shape index (κ3) is 4.08. The molecule has 3 aromatic rings. The molecular formula is C23H27N5O4S. The number of nitrogens with one attached hydrogen (secondary N) is 1. The molecule has 1 aliphatic carbocycles. The number of sulfonamides is 1. The number of rotatable bonds is 6. The van der Waals surface area contributed by atoms with Gasteiger partial charge in [-0.3, -0.25) is 9.20 Å². The lowest BCUT2D eigenvalue weighted by atomic mass is 10.1. The van der Waals surface area contributed by atoms with E-state index in [1.54, 1.807) is 17.0 Å². The number of methoxy groups -OCH3 is 1. The molecule has 1 saturated heterocycles. The van der Waals surface area contributed by atoms with Crippen LogP contribution in [0.5, 0.6) is 5.75 Å². The Morgan fingerprint density at radius 3 is 2.70 bits per heavy atom. The lowest BCUT2D eigenvalue weighted by molar-refractivity contribution is 0.0729. The Balaban J connectivity index is 1.46. The highest BCUT2D eigenvalue weighted by Crippen LogP contribution is 2.34. The molecule has 1 amide bonds. The number of carbonyl (C=O) groups is 1. The van der Waals surface area contributed by atoms with Gasteiger partial charge in [0, 0.05) is 24.3 Å². The summed E-state index contributed by atoms with van der Waals surface area (Å²) in [4.78, 5) is 15.3. The number of nitrogens with zero attached hydrogens (tertiary/aromatic N) is 4. The molecule has 33 heavy (non-hydrogen) atoms. The lowest BCUT2D eigenvalue weighted by Gasteiger charge is -2.24. The molecule has 0 spiro atoms. The zero-order valence-electron chi connectivity index (χ0n) is 18.5. The normalized spacial score (nSPS) is 19.4. The molecule has 1 saturated carbocycles. The van der Waals surface area contributed by atoms with Crippen molar-refractivity contribution in [3.05, 3.63) is 54.0 Å². The van der Waals surface area contributed by atoms with Gasteiger partial charge in [0.15, 0.2) is 11.5 Å². The van der Waals surface area contributed by atoms with E-state index in [4.69, 9.17) is 4.74 Å². The maximum absolute atomic E-state index is 13.5. The maximum Gasteiger partial charge on any atom is 0.254 e. The summed E-state index contributed by atoms with van der Waals surface area (Å²) in [6.45, 7) is 0.569. The predicted molar refractivity (Wildman–Crippen MR) is 122 cm³/mol. The third-order valence-corrected chi connectivity index (χ3v) is 8.07. The predicted octanol–water partition coefficient (Wildman–Crippen LogP) is 2.94. The minimum absolute atomic E-state index is 0.00794. The quantitative estimate of drug-likeness (QED) is 0.595. The summed E-state index contributed by atoms with van der Waals surface area (Å²) >= 11 is 0. The maximum atomic E-state index is 13.5. The van der Waals surface area contributed by atoms with Crippen molar-refractivity contribution < 1.29 is 17.9 Å². The second-order valence-corrected chi connectivity index (χ2v) is 10.3. The Hall–Kier alpha value is -2.98. The van der Waals surface area contributed by atoms with E-state index in [1.165, 1.54) is 13.2 Å². The fraction of sp³-hybridized carbons (Fsp3) is 0.435. The molecule has 2 fully saturated rings. The lowest BCUT2D eigenvalue weighted by Crippen LogP contribution is -2.34. The van der Waals surface area contributed by atoms with E-state index in [0.29, 0.717) is 17.9 Å². The van der Waals surface area contributed by atoms with E-state index in [9.17, 15) is 13.2 Å². The Kier molecular flexibility index (Phi) is 5.79. The molecule has 10 heteroatoms. The van der Waals surface area contributed by atoms with Gasteiger partial charge >= 0.3 is 0 Å². The van der Waals surface area contributed by atoms with Gasteiger partial charge in [0.05, 0.1) is 13.2 Å². The highest BCUT2D eigenvalue weighted by molar-refractivity contribution is 7.89. The van der Waals surface area contributed by atoms with Gasteiger partial charge in [-0.05, 0) is 56.0 Å². The topological polar surface area (TPSA) is 106 Å². The number of ether oxygens (including phenoxy) is 1. The van der Waals surface area contributed by atoms with Crippen LogP contribution in [0.4, 0.5) is 0 Å². The first-order valence-electron chi connectivity index (χ1n) is 11.3. The van der Waals surface area contributed by atoms with Crippen LogP contribution < -0.4 is 9.46 Å². The minimum atomic E-state index is -3.82. The summed E-state index contributed by atoms with van der Waals surface area (Å²) in [5, 5.41) is 8.56. The molecular weight excluding hydrogens is 442 g/mol. The number of amides is 1. The molecule has 9 nitrogen and oxygen atoms in total. The first kappa shape index (κ1) is 21.8. The average molecular weight is 470 g/mol. The zero-order valence-corrected chi connectivity index (χ0v) is 19.3. The molecule has 0 bridgehead atoms. The van der Waals surface area contributed by atoms with Gasteiger partial charge in [-0.15, -0.1) is 10.2 Å². The molecule has 2 aromatic heterocycles. The van der Waals surface area contributed by atoms with Crippen LogP contribution in [-0.4, -0.2) is 53.5 Å². The van der Waals surface area contributed by atoms with E-state index in [0.717, 1.165) is 44.2 Å². The summed E-state index contributed by atoms with van der Waals surface area (Å²) in [5.74, 6) is 0.698. The van der Waals surface area contributed by atoms with Crippen LogP contribution in [0.2, 0.25) is 0 Å². The second-order valence-electron chi connectivity index (χ2n) is 8.61. The standard InChI is InChI=1S/C23H27N5O4S/c1-32-19-12-11-16(15-20(19)33(30,31)26-17-7-2-3-8-17)23(29)27-14-6-9-18(27)22-25-24-21-10-4-5-13-28(21)22/h4-5,10-13,15,17-18,26H,2-3,6-9,14H2,1H3. The number of hydrogen-bond donors (Lipinski definition) is 1. The second kappa shape index (κ2) is 8.75. The van der Waals surface area contributed by atoms with Crippen LogP contribution in [0.3, 0.4) is 0 Å². The van der Waals surface area contributed by atoms with Crippen molar-refractivity contribution in [1.29, 1.82) is 0 Å². The van der Waals surface area contributed by atoms with Crippen LogP contribution in [0.25, 0.3) is 5.65 Å². The van der Waals surface area contributed by atoms with Crippen molar-refractivity contribution in [2.45, 2.75) is 55.5 Å². The molecule has 2 aliphatic rings. The van der Waals surface area contributed by atoms with Gasteiger partial charge in [0.25, 0.3) is 5.91 Å². The SMILES string of the molecule is COc1ccc(C(=O)N2CCCC2c2nnc3ccccn23)cc1S(=O)(=O)NC1CCCC1. The molecule has 1 aliphatic heterocycles. The summed E-state index contributed by atoms with van der Waals surface area (Å²) in [6.07, 6.45) is 7.16. The smallest absolute Gasteiger partial charge is 0.254 e. The van der Waals surface area contributed by atoms with E-state index < -0.39 is 10.0 Å². The number of fused-ring (bicyclic) bond motifs is 1. The van der Waals surface area contributed by atoms with Crippen LogP contribution >= 0.6 is 0 Å². The molecule has 1 aromatic carbocycles. The van der Waals surface area contributed by atoms with Crippen molar-refractivity contribution >= 4 is 21.6 Å². The van der Waals surface area contributed by atoms with Gasteiger partial charge in [0.2, 0.25) is 10.0 Å². The molecule has 5 rings (SSSR count). The first-order valence-corrected chi connectivity index (χ1v) is 12.8. The van der Waals surface area contributed by atoms with E-state index in [-0.39, 0.29) is 28.6 Å². The van der Waals surface area contributed by atoms with Gasteiger partial charge < -0.3 is 9.64 Å². The monoisotopic (exact) mass is 469 g/mol. The van der Waals surface area contributed by atoms with Gasteiger partial charge in [0.1, 0.15) is 10.6 Å². The fourth-order valence-electron chi connectivity index (χ4n) is 4.88. The van der Waals surface area contributed by atoms with Crippen LogP contribution in [0, 0.1) is 0 Å². The fourth-order valence-corrected chi connectivity index (χ4v) is 6.38. The molecule has 3 heterocycles. The molecule has 1 N–H and O–H groups in total. The van der Waals surface area contributed by atoms with Crippen LogP contribution in [0.15, 0.2) is 47.5 Å².